The van der Waals surface area contributed by atoms with E-state index in [1.807, 2.05) is 0 Å². The van der Waals surface area contributed by atoms with Crippen LogP contribution < -0.4 is 5.73 Å². The zero-order chi connectivity index (χ0) is 20.3. The lowest BCUT2D eigenvalue weighted by molar-refractivity contribution is -0.246. The van der Waals surface area contributed by atoms with E-state index in [0.717, 1.165) is 0 Å². The molecule has 0 radical (unpaired) electrons. The van der Waals surface area contributed by atoms with E-state index in [1.165, 1.54) is 18.2 Å². The number of aryl methyl sites for hydroxylation is 1. The third-order valence-corrected chi connectivity index (χ3v) is 5.25. The molecule has 1 atom stereocenters. The van der Waals surface area contributed by atoms with E-state index >= 15 is 0 Å². The molecule has 0 aromatic heterocycles. The van der Waals surface area contributed by atoms with Crippen molar-refractivity contribution in [1.29, 1.82) is 0 Å². The highest BCUT2D eigenvalue weighted by atomic mass is 19.4. The molecule has 0 heterocycles. The van der Waals surface area contributed by atoms with E-state index in [-0.39, 0.29) is 11.1 Å². The Hall–Kier alpha value is -3.12. The second-order valence-corrected chi connectivity index (χ2v) is 6.91. The Labute approximate surface area is 159 Å². The quantitative estimate of drug-likeness (QED) is 0.682. The molecule has 6 heteroatoms. The summed E-state index contributed by atoms with van der Waals surface area (Å²) in [6.07, 6.45) is -4.88. The molecule has 3 aromatic rings. The van der Waals surface area contributed by atoms with Gasteiger partial charge in [0.25, 0.3) is 0 Å². The Morgan fingerprint density at radius 2 is 1.54 bits per heavy atom. The van der Waals surface area contributed by atoms with Gasteiger partial charge in [-0.05, 0) is 46.9 Å². The molecule has 3 N–H and O–H groups in total. The number of primary amides is 1. The molecule has 1 aliphatic rings. The molecule has 0 bridgehead atoms. The lowest BCUT2D eigenvalue weighted by atomic mass is 9.88. The summed E-state index contributed by atoms with van der Waals surface area (Å²) >= 11 is 0. The molecule has 3 nitrogen and oxygen atoms in total. The van der Waals surface area contributed by atoms with Gasteiger partial charge in [-0.1, -0.05) is 48.5 Å². The number of alkyl halides is 3. The van der Waals surface area contributed by atoms with Crippen molar-refractivity contribution in [1.82, 2.24) is 0 Å². The highest BCUT2D eigenvalue weighted by Crippen LogP contribution is 2.55. The number of benzene rings is 3. The first-order valence-electron chi connectivity index (χ1n) is 8.59. The van der Waals surface area contributed by atoms with Gasteiger partial charge in [-0.15, -0.1) is 0 Å². The third kappa shape index (κ3) is 2.45. The molecule has 0 spiro atoms. The number of nitrogens with two attached hydrogens (primary N) is 1. The van der Waals surface area contributed by atoms with Crippen LogP contribution in [0.3, 0.4) is 0 Å². The topological polar surface area (TPSA) is 63.3 Å². The summed E-state index contributed by atoms with van der Waals surface area (Å²) in [5, 5.41) is 10.8. The standard InChI is InChI=1S/C22H16F3NO2/c1-12-10-13(6-8-15(12)20(26)27)14-7-9-17-16-4-2-3-5-18(16)21(28,19(17)11-14)22(23,24)25/h2-11,28H,1H3,(H2,26,27). The average molecular weight is 383 g/mol. The maximum absolute atomic E-state index is 13.9. The Morgan fingerprint density at radius 3 is 2.18 bits per heavy atom. The number of hydrogen-bond acceptors (Lipinski definition) is 2. The van der Waals surface area contributed by atoms with E-state index in [2.05, 4.69) is 0 Å². The smallest absolute Gasteiger partial charge is 0.372 e. The van der Waals surface area contributed by atoms with E-state index in [9.17, 15) is 23.1 Å². The predicted octanol–water partition coefficient (Wildman–Crippen LogP) is 4.54. The predicted molar refractivity (Wildman–Crippen MR) is 99.6 cm³/mol. The Balaban J connectivity index is 1.92. The summed E-state index contributed by atoms with van der Waals surface area (Å²) in [7, 11) is 0. The van der Waals surface area contributed by atoms with Crippen molar-refractivity contribution < 1.29 is 23.1 Å². The second-order valence-electron chi connectivity index (χ2n) is 6.91. The molecule has 3 aromatic carbocycles. The molecule has 0 saturated carbocycles. The van der Waals surface area contributed by atoms with Gasteiger partial charge in [0.05, 0.1) is 0 Å². The number of halogens is 3. The van der Waals surface area contributed by atoms with Gasteiger partial charge in [-0.25, -0.2) is 0 Å². The van der Waals surface area contributed by atoms with Crippen molar-refractivity contribution in [3.05, 3.63) is 82.9 Å². The minimum absolute atomic E-state index is 0.171. The van der Waals surface area contributed by atoms with E-state index in [1.54, 1.807) is 49.4 Å². The summed E-state index contributed by atoms with van der Waals surface area (Å²) in [5.41, 5.74) is 4.70. The van der Waals surface area contributed by atoms with Crippen LogP contribution >= 0.6 is 0 Å². The molecular formula is C22H16F3NO2. The van der Waals surface area contributed by atoms with Gasteiger partial charge in [-0.3, -0.25) is 4.79 Å². The van der Waals surface area contributed by atoms with Gasteiger partial charge in [0, 0.05) is 16.7 Å². The van der Waals surface area contributed by atoms with Crippen molar-refractivity contribution in [2.75, 3.05) is 0 Å². The number of rotatable bonds is 2. The molecular weight excluding hydrogens is 367 g/mol. The van der Waals surface area contributed by atoms with Crippen LogP contribution in [0.4, 0.5) is 13.2 Å². The number of aliphatic hydroxyl groups is 1. The maximum atomic E-state index is 13.9. The molecule has 28 heavy (non-hydrogen) atoms. The summed E-state index contributed by atoms with van der Waals surface area (Å²) < 4.78 is 41.8. The van der Waals surface area contributed by atoms with Gasteiger partial charge in [0.15, 0.2) is 0 Å². The normalized spacial score (nSPS) is 17.9. The van der Waals surface area contributed by atoms with Crippen LogP contribution in [0, 0.1) is 6.92 Å². The lowest BCUT2D eigenvalue weighted by Gasteiger charge is -2.28. The zero-order valence-electron chi connectivity index (χ0n) is 14.8. The van der Waals surface area contributed by atoms with Crippen LogP contribution in [0.5, 0.6) is 0 Å². The first-order chi connectivity index (χ1) is 13.1. The molecule has 0 aliphatic heterocycles. The molecule has 142 valence electrons. The summed E-state index contributed by atoms with van der Waals surface area (Å²) in [4.78, 5) is 11.4. The zero-order valence-corrected chi connectivity index (χ0v) is 14.8. The highest BCUT2D eigenvalue weighted by molar-refractivity contribution is 5.95. The van der Waals surface area contributed by atoms with Gasteiger partial charge in [-0.2, -0.15) is 13.2 Å². The lowest BCUT2D eigenvalue weighted by Crippen LogP contribution is -2.41. The number of amides is 1. The Bertz CT molecular complexity index is 1120. The van der Waals surface area contributed by atoms with Crippen molar-refractivity contribution >= 4 is 5.91 Å². The largest absolute Gasteiger partial charge is 0.425 e. The van der Waals surface area contributed by atoms with Crippen molar-refractivity contribution in [2.24, 2.45) is 5.73 Å². The fraction of sp³-hybridized carbons (Fsp3) is 0.136. The highest BCUT2D eigenvalue weighted by Gasteiger charge is 2.60. The van der Waals surface area contributed by atoms with Crippen molar-refractivity contribution in [2.45, 2.75) is 18.7 Å². The SMILES string of the molecule is Cc1cc(-c2ccc3c(c2)C(O)(C(F)(F)F)c2ccccc2-3)ccc1C(N)=O. The van der Waals surface area contributed by atoms with Crippen LogP contribution in [0.25, 0.3) is 22.3 Å². The van der Waals surface area contributed by atoms with Crippen molar-refractivity contribution in [3.63, 3.8) is 0 Å². The number of carbonyl (C=O) groups excluding carboxylic acids is 1. The fourth-order valence-electron chi connectivity index (χ4n) is 3.86. The Kier molecular flexibility index (Phi) is 3.87. The molecule has 1 amide bonds. The molecule has 4 rings (SSSR count). The summed E-state index contributed by atoms with van der Waals surface area (Å²) in [5.74, 6) is -0.570. The van der Waals surface area contributed by atoms with E-state index in [4.69, 9.17) is 5.73 Å². The average Bonchev–Trinajstić information content (AvgIpc) is 2.91. The van der Waals surface area contributed by atoms with Gasteiger partial charge < -0.3 is 10.8 Å². The molecule has 0 fully saturated rings. The first kappa shape index (κ1) is 18.3. The second kappa shape index (κ2) is 5.94. The van der Waals surface area contributed by atoms with Gasteiger partial charge in [0.2, 0.25) is 11.5 Å². The fourth-order valence-corrected chi connectivity index (χ4v) is 3.86. The third-order valence-electron chi connectivity index (χ3n) is 5.25. The van der Waals surface area contributed by atoms with Crippen LogP contribution in [0.15, 0.2) is 60.7 Å². The van der Waals surface area contributed by atoms with Crippen LogP contribution in [-0.4, -0.2) is 17.2 Å². The Morgan fingerprint density at radius 1 is 0.929 bits per heavy atom. The number of hydrogen-bond donors (Lipinski definition) is 2. The van der Waals surface area contributed by atoms with Crippen LogP contribution in [0.2, 0.25) is 0 Å². The van der Waals surface area contributed by atoms with Gasteiger partial charge in [0.1, 0.15) is 0 Å². The van der Waals surface area contributed by atoms with E-state index < -0.39 is 17.7 Å². The number of carbonyl (C=O) groups is 1. The van der Waals surface area contributed by atoms with Crippen LogP contribution in [0.1, 0.15) is 27.0 Å². The molecule has 1 aliphatic carbocycles. The van der Waals surface area contributed by atoms with E-state index in [0.29, 0.717) is 33.4 Å². The molecule has 0 saturated heterocycles. The summed E-state index contributed by atoms with van der Waals surface area (Å²) in [6, 6.07) is 15.5. The molecule has 1 unspecified atom stereocenters. The first-order valence-corrected chi connectivity index (χ1v) is 8.59. The van der Waals surface area contributed by atoms with Crippen molar-refractivity contribution in [3.8, 4) is 22.3 Å². The minimum atomic E-state index is -4.88. The van der Waals surface area contributed by atoms with Gasteiger partial charge >= 0.3 is 6.18 Å². The summed E-state index contributed by atoms with van der Waals surface area (Å²) in [6.45, 7) is 1.71. The van der Waals surface area contributed by atoms with Crippen LogP contribution in [-0.2, 0) is 5.60 Å². The number of fused-ring (bicyclic) bond motifs is 3. The maximum Gasteiger partial charge on any atom is 0.425 e. The minimum Gasteiger partial charge on any atom is -0.372 e. The monoisotopic (exact) mass is 383 g/mol.